The summed E-state index contributed by atoms with van der Waals surface area (Å²) < 4.78 is 39.3. The van der Waals surface area contributed by atoms with Gasteiger partial charge in [-0.3, -0.25) is 4.72 Å². The second kappa shape index (κ2) is 5.18. The number of halogens is 2. The lowest BCUT2D eigenvalue weighted by atomic mass is 10.3. The average Bonchev–Trinajstić information content (AvgIpc) is 2.36. The number of hydrogen-bond donors (Lipinski definition) is 3. The SMILES string of the molecule is Nc1cc(S(=O)(=O)Nc2ccc(F)cc2Cl)ccc1O. The van der Waals surface area contributed by atoms with Gasteiger partial charge in [0.05, 0.1) is 21.3 Å². The van der Waals surface area contributed by atoms with Crippen molar-refractivity contribution in [3.63, 3.8) is 0 Å². The fraction of sp³-hybridized carbons (Fsp3) is 0. The van der Waals surface area contributed by atoms with E-state index in [-0.39, 0.29) is 27.0 Å². The van der Waals surface area contributed by atoms with Crippen molar-refractivity contribution in [2.24, 2.45) is 0 Å². The molecule has 106 valence electrons. The molecule has 0 fully saturated rings. The molecule has 8 heteroatoms. The summed E-state index contributed by atoms with van der Waals surface area (Å²) in [5, 5.41) is 9.20. The van der Waals surface area contributed by atoms with Gasteiger partial charge in [0.2, 0.25) is 0 Å². The van der Waals surface area contributed by atoms with E-state index in [0.717, 1.165) is 24.3 Å². The molecule has 0 saturated carbocycles. The Morgan fingerprint density at radius 1 is 1.20 bits per heavy atom. The summed E-state index contributed by atoms with van der Waals surface area (Å²) >= 11 is 5.75. The summed E-state index contributed by atoms with van der Waals surface area (Å²) in [6.45, 7) is 0. The predicted molar refractivity (Wildman–Crippen MR) is 74.7 cm³/mol. The Balaban J connectivity index is 2.38. The van der Waals surface area contributed by atoms with Crippen LogP contribution in [0.2, 0.25) is 5.02 Å². The third kappa shape index (κ3) is 2.94. The lowest BCUT2D eigenvalue weighted by Crippen LogP contribution is -2.13. The second-order valence-electron chi connectivity index (χ2n) is 3.95. The maximum absolute atomic E-state index is 12.9. The van der Waals surface area contributed by atoms with E-state index >= 15 is 0 Å². The number of aromatic hydroxyl groups is 1. The number of phenolic OH excluding ortho intramolecular Hbond substituents is 1. The molecule has 0 aliphatic heterocycles. The number of hydrogen-bond acceptors (Lipinski definition) is 4. The molecule has 20 heavy (non-hydrogen) atoms. The fourth-order valence-corrected chi connectivity index (χ4v) is 2.86. The first-order chi connectivity index (χ1) is 9.29. The molecule has 2 rings (SSSR count). The van der Waals surface area contributed by atoms with Crippen LogP contribution in [0.3, 0.4) is 0 Å². The van der Waals surface area contributed by atoms with Gasteiger partial charge in [0.15, 0.2) is 0 Å². The van der Waals surface area contributed by atoms with Crippen molar-refractivity contribution in [3.05, 3.63) is 47.2 Å². The number of nitrogen functional groups attached to an aromatic ring is 1. The van der Waals surface area contributed by atoms with Gasteiger partial charge >= 0.3 is 0 Å². The van der Waals surface area contributed by atoms with Gasteiger partial charge in [0, 0.05) is 0 Å². The Labute approximate surface area is 119 Å². The van der Waals surface area contributed by atoms with Crippen LogP contribution in [0.15, 0.2) is 41.3 Å². The molecule has 0 heterocycles. The quantitative estimate of drug-likeness (QED) is 0.599. The molecule has 2 aromatic rings. The Kier molecular flexibility index (Phi) is 3.74. The maximum atomic E-state index is 12.9. The minimum Gasteiger partial charge on any atom is -0.506 e. The summed E-state index contributed by atoms with van der Waals surface area (Å²) in [4.78, 5) is -0.145. The van der Waals surface area contributed by atoms with Gasteiger partial charge in [-0.15, -0.1) is 0 Å². The summed E-state index contributed by atoms with van der Waals surface area (Å²) in [5.41, 5.74) is 5.41. The molecule has 0 spiro atoms. The number of anilines is 2. The molecule has 0 radical (unpaired) electrons. The zero-order chi connectivity index (χ0) is 14.9. The van der Waals surface area contributed by atoms with Crippen molar-refractivity contribution in [3.8, 4) is 5.75 Å². The normalized spacial score (nSPS) is 11.3. The van der Waals surface area contributed by atoms with E-state index in [1.165, 1.54) is 12.1 Å². The molecular formula is C12H10ClFN2O3S. The van der Waals surface area contributed by atoms with Gasteiger partial charge in [-0.25, -0.2) is 12.8 Å². The third-order valence-electron chi connectivity index (χ3n) is 2.48. The van der Waals surface area contributed by atoms with Crippen LogP contribution in [0, 0.1) is 5.82 Å². The molecule has 0 saturated heterocycles. The highest BCUT2D eigenvalue weighted by atomic mass is 35.5. The second-order valence-corrected chi connectivity index (χ2v) is 6.04. The number of sulfonamides is 1. The van der Waals surface area contributed by atoms with Crippen LogP contribution in [-0.2, 0) is 10.0 Å². The van der Waals surface area contributed by atoms with E-state index in [2.05, 4.69) is 4.72 Å². The van der Waals surface area contributed by atoms with E-state index in [1.807, 2.05) is 0 Å². The zero-order valence-electron chi connectivity index (χ0n) is 9.97. The van der Waals surface area contributed by atoms with Gasteiger partial charge < -0.3 is 10.8 Å². The van der Waals surface area contributed by atoms with Gasteiger partial charge in [0.1, 0.15) is 11.6 Å². The number of nitrogens with one attached hydrogen (secondary N) is 1. The van der Waals surface area contributed by atoms with Crippen molar-refractivity contribution in [1.29, 1.82) is 0 Å². The lowest BCUT2D eigenvalue weighted by molar-refractivity contribution is 0.477. The van der Waals surface area contributed by atoms with Crippen molar-refractivity contribution in [2.45, 2.75) is 4.90 Å². The molecule has 5 nitrogen and oxygen atoms in total. The molecule has 0 aromatic heterocycles. The maximum Gasteiger partial charge on any atom is 0.262 e. The smallest absolute Gasteiger partial charge is 0.262 e. The lowest BCUT2D eigenvalue weighted by Gasteiger charge is -2.10. The van der Waals surface area contributed by atoms with E-state index in [0.29, 0.717) is 0 Å². The summed E-state index contributed by atoms with van der Waals surface area (Å²) in [6.07, 6.45) is 0. The monoisotopic (exact) mass is 316 g/mol. The van der Waals surface area contributed by atoms with E-state index < -0.39 is 15.8 Å². The van der Waals surface area contributed by atoms with Crippen molar-refractivity contribution < 1.29 is 17.9 Å². The molecule has 0 bridgehead atoms. The summed E-state index contributed by atoms with van der Waals surface area (Å²) in [5.74, 6) is -0.796. The molecule has 0 unspecified atom stereocenters. The molecule has 0 amide bonds. The molecule has 0 aliphatic carbocycles. The molecule has 2 aromatic carbocycles. The van der Waals surface area contributed by atoms with Crippen LogP contribution in [-0.4, -0.2) is 13.5 Å². The molecule has 0 aliphatic rings. The predicted octanol–water partition coefficient (Wildman–Crippen LogP) is 2.57. The number of rotatable bonds is 3. The zero-order valence-corrected chi connectivity index (χ0v) is 11.5. The molecular weight excluding hydrogens is 307 g/mol. The molecule has 4 N–H and O–H groups in total. The van der Waals surface area contributed by atoms with Gasteiger partial charge in [-0.05, 0) is 36.4 Å². The average molecular weight is 317 g/mol. The highest BCUT2D eigenvalue weighted by Gasteiger charge is 2.17. The minimum absolute atomic E-state index is 0.0414. The van der Waals surface area contributed by atoms with Gasteiger partial charge in [-0.2, -0.15) is 0 Å². The van der Waals surface area contributed by atoms with Crippen LogP contribution in [0.25, 0.3) is 0 Å². The number of phenols is 1. The number of benzene rings is 2. The summed E-state index contributed by atoms with van der Waals surface area (Å²) in [6, 6.07) is 6.73. The van der Waals surface area contributed by atoms with Crippen LogP contribution < -0.4 is 10.5 Å². The first kappa shape index (κ1) is 14.4. The highest BCUT2D eigenvalue weighted by Crippen LogP contribution is 2.27. The largest absolute Gasteiger partial charge is 0.506 e. The van der Waals surface area contributed by atoms with E-state index in [9.17, 15) is 17.9 Å². The van der Waals surface area contributed by atoms with Crippen LogP contribution in [0.4, 0.5) is 15.8 Å². The summed E-state index contributed by atoms with van der Waals surface area (Å²) in [7, 11) is -3.94. The Morgan fingerprint density at radius 3 is 2.50 bits per heavy atom. The first-order valence-corrected chi connectivity index (χ1v) is 7.22. The first-order valence-electron chi connectivity index (χ1n) is 5.36. The van der Waals surface area contributed by atoms with E-state index in [4.69, 9.17) is 17.3 Å². The van der Waals surface area contributed by atoms with Crippen molar-refractivity contribution in [1.82, 2.24) is 0 Å². The minimum atomic E-state index is -3.94. The van der Waals surface area contributed by atoms with E-state index in [1.54, 1.807) is 0 Å². The fourth-order valence-electron chi connectivity index (χ4n) is 1.48. The standard InChI is InChI=1S/C12H10ClFN2O3S/c13-9-5-7(14)1-3-11(9)16-20(18,19)8-2-4-12(17)10(15)6-8/h1-6,16-17H,15H2. The van der Waals surface area contributed by atoms with Crippen molar-refractivity contribution in [2.75, 3.05) is 10.5 Å². The Bertz CT molecular complexity index is 765. The van der Waals surface area contributed by atoms with Gasteiger partial charge in [0.25, 0.3) is 10.0 Å². The number of nitrogens with two attached hydrogens (primary N) is 1. The third-order valence-corrected chi connectivity index (χ3v) is 4.16. The topological polar surface area (TPSA) is 92.4 Å². The van der Waals surface area contributed by atoms with Crippen molar-refractivity contribution >= 4 is 33.0 Å². The van der Waals surface area contributed by atoms with Crippen LogP contribution >= 0.6 is 11.6 Å². The van der Waals surface area contributed by atoms with Gasteiger partial charge in [-0.1, -0.05) is 11.6 Å². The van der Waals surface area contributed by atoms with Crippen LogP contribution in [0.5, 0.6) is 5.75 Å². The Hall–Kier alpha value is -1.99. The molecule has 0 atom stereocenters. The van der Waals surface area contributed by atoms with Crippen LogP contribution in [0.1, 0.15) is 0 Å². The Morgan fingerprint density at radius 2 is 1.90 bits per heavy atom. The highest BCUT2D eigenvalue weighted by molar-refractivity contribution is 7.92.